The lowest BCUT2D eigenvalue weighted by Gasteiger charge is -2.38. The summed E-state index contributed by atoms with van der Waals surface area (Å²) < 4.78 is 11.1. The SMILES string of the molecule is CCNC(CC1CC(OCC)C1)C1CCOC1. The van der Waals surface area contributed by atoms with Crippen LogP contribution in [0.5, 0.6) is 0 Å². The molecule has 3 nitrogen and oxygen atoms in total. The molecule has 1 N–H and O–H groups in total. The standard InChI is InChI=1S/C14H27NO2/c1-3-15-14(12-5-6-16-10-12)9-11-7-13(8-11)17-4-2/h11-15H,3-10H2,1-2H3. The van der Waals surface area contributed by atoms with Crippen LogP contribution in [0, 0.1) is 11.8 Å². The second-order valence-corrected chi connectivity index (χ2v) is 5.44. The molecule has 0 amide bonds. The van der Waals surface area contributed by atoms with Crippen molar-refractivity contribution in [2.75, 3.05) is 26.4 Å². The minimum Gasteiger partial charge on any atom is -0.381 e. The molecule has 1 aliphatic carbocycles. The highest BCUT2D eigenvalue weighted by Gasteiger charge is 2.34. The normalized spacial score (nSPS) is 34.6. The van der Waals surface area contributed by atoms with E-state index in [0.717, 1.165) is 38.2 Å². The van der Waals surface area contributed by atoms with Gasteiger partial charge < -0.3 is 14.8 Å². The largest absolute Gasteiger partial charge is 0.381 e. The molecule has 2 unspecified atom stereocenters. The van der Waals surface area contributed by atoms with Crippen molar-refractivity contribution in [2.24, 2.45) is 11.8 Å². The molecular weight excluding hydrogens is 214 g/mol. The molecule has 1 aliphatic heterocycles. The van der Waals surface area contributed by atoms with Gasteiger partial charge in [-0.3, -0.25) is 0 Å². The van der Waals surface area contributed by atoms with Crippen LogP contribution in [-0.2, 0) is 9.47 Å². The lowest BCUT2D eigenvalue weighted by Crippen LogP contribution is -2.42. The molecule has 2 aliphatic rings. The summed E-state index contributed by atoms with van der Waals surface area (Å²) in [7, 11) is 0. The van der Waals surface area contributed by atoms with Crippen molar-refractivity contribution in [3.05, 3.63) is 0 Å². The van der Waals surface area contributed by atoms with Gasteiger partial charge in [-0.15, -0.1) is 0 Å². The van der Waals surface area contributed by atoms with Gasteiger partial charge in [-0.2, -0.15) is 0 Å². The number of nitrogens with one attached hydrogen (secondary N) is 1. The van der Waals surface area contributed by atoms with Crippen LogP contribution in [0.15, 0.2) is 0 Å². The molecule has 0 spiro atoms. The minimum atomic E-state index is 0.548. The number of hydrogen-bond donors (Lipinski definition) is 1. The molecule has 1 saturated heterocycles. The zero-order chi connectivity index (χ0) is 12.1. The highest BCUT2D eigenvalue weighted by atomic mass is 16.5. The van der Waals surface area contributed by atoms with Gasteiger partial charge in [0.2, 0.25) is 0 Å². The Morgan fingerprint density at radius 1 is 1.35 bits per heavy atom. The topological polar surface area (TPSA) is 30.5 Å². The van der Waals surface area contributed by atoms with Crippen LogP contribution in [0.25, 0.3) is 0 Å². The first-order chi connectivity index (χ1) is 8.33. The van der Waals surface area contributed by atoms with E-state index in [-0.39, 0.29) is 0 Å². The van der Waals surface area contributed by atoms with E-state index in [1.165, 1.54) is 25.7 Å². The Morgan fingerprint density at radius 3 is 2.76 bits per heavy atom. The number of ether oxygens (including phenoxy) is 2. The maximum absolute atomic E-state index is 5.63. The van der Waals surface area contributed by atoms with Crippen LogP contribution >= 0.6 is 0 Å². The highest BCUT2D eigenvalue weighted by Crippen LogP contribution is 2.35. The number of hydrogen-bond acceptors (Lipinski definition) is 3. The molecule has 3 heteroatoms. The molecule has 1 saturated carbocycles. The third-order valence-corrected chi connectivity index (χ3v) is 4.18. The van der Waals surface area contributed by atoms with Crippen molar-refractivity contribution in [3.8, 4) is 0 Å². The summed E-state index contributed by atoms with van der Waals surface area (Å²) in [5.74, 6) is 1.61. The van der Waals surface area contributed by atoms with Crippen molar-refractivity contribution in [1.29, 1.82) is 0 Å². The second kappa shape index (κ2) is 6.72. The smallest absolute Gasteiger partial charge is 0.0580 e. The van der Waals surface area contributed by atoms with Crippen LogP contribution in [0.4, 0.5) is 0 Å². The Hall–Kier alpha value is -0.120. The highest BCUT2D eigenvalue weighted by molar-refractivity contribution is 4.87. The van der Waals surface area contributed by atoms with Crippen LogP contribution in [0.1, 0.15) is 39.5 Å². The van der Waals surface area contributed by atoms with Gasteiger partial charge in [0, 0.05) is 19.3 Å². The molecule has 0 bridgehead atoms. The van der Waals surface area contributed by atoms with Gasteiger partial charge in [0.25, 0.3) is 0 Å². The summed E-state index contributed by atoms with van der Waals surface area (Å²) in [6.45, 7) is 8.14. The van der Waals surface area contributed by atoms with Crippen molar-refractivity contribution in [2.45, 2.75) is 51.7 Å². The molecule has 2 fully saturated rings. The minimum absolute atomic E-state index is 0.548. The fourth-order valence-electron chi connectivity index (χ4n) is 3.17. The van der Waals surface area contributed by atoms with Crippen molar-refractivity contribution in [3.63, 3.8) is 0 Å². The zero-order valence-corrected chi connectivity index (χ0v) is 11.3. The maximum Gasteiger partial charge on any atom is 0.0580 e. The quantitative estimate of drug-likeness (QED) is 0.741. The van der Waals surface area contributed by atoms with E-state index in [9.17, 15) is 0 Å². The number of rotatable bonds is 7. The van der Waals surface area contributed by atoms with Crippen LogP contribution in [-0.4, -0.2) is 38.5 Å². The van der Waals surface area contributed by atoms with Crippen LogP contribution < -0.4 is 5.32 Å². The van der Waals surface area contributed by atoms with Gasteiger partial charge in [-0.1, -0.05) is 6.92 Å². The molecule has 0 aromatic heterocycles. The van der Waals surface area contributed by atoms with Gasteiger partial charge >= 0.3 is 0 Å². The Kier molecular flexibility index (Phi) is 5.26. The van der Waals surface area contributed by atoms with Crippen molar-refractivity contribution < 1.29 is 9.47 Å². The first-order valence-electron chi connectivity index (χ1n) is 7.26. The van der Waals surface area contributed by atoms with E-state index in [1.54, 1.807) is 0 Å². The van der Waals surface area contributed by atoms with Crippen LogP contribution in [0.3, 0.4) is 0 Å². The van der Waals surface area contributed by atoms with Gasteiger partial charge in [-0.05, 0) is 51.0 Å². The first-order valence-corrected chi connectivity index (χ1v) is 7.26. The molecule has 0 aromatic rings. The molecule has 100 valence electrons. The first kappa shape index (κ1) is 13.3. The predicted octanol–water partition coefficient (Wildman–Crippen LogP) is 2.21. The Labute approximate surface area is 105 Å². The van der Waals surface area contributed by atoms with E-state index in [2.05, 4.69) is 19.2 Å². The van der Waals surface area contributed by atoms with Crippen LogP contribution in [0.2, 0.25) is 0 Å². The average molecular weight is 241 g/mol. The fraction of sp³-hybridized carbons (Fsp3) is 1.00. The van der Waals surface area contributed by atoms with Gasteiger partial charge in [0.1, 0.15) is 0 Å². The Bertz CT molecular complexity index is 210. The predicted molar refractivity (Wildman–Crippen MR) is 69.1 cm³/mol. The van der Waals surface area contributed by atoms with Gasteiger partial charge in [0.15, 0.2) is 0 Å². The molecule has 1 heterocycles. The Balaban J connectivity index is 1.71. The molecule has 17 heavy (non-hydrogen) atoms. The van der Waals surface area contributed by atoms with E-state index >= 15 is 0 Å². The maximum atomic E-state index is 5.63. The molecule has 0 aromatic carbocycles. The lowest BCUT2D eigenvalue weighted by atomic mass is 9.76. The summed E-state index contributed by atoms with van der Waals surface area (Å²) >= 11 is 0. The van der Waals surface area contributed by atoms with Gasteiger partial charge in [0.05, 0.1) is 12.7 Å². The second-order valence-electron chi connectivity index (χ2n) is 5.44. The monoisotopic (exact) mass is 241 g/mol. The third kappa shape index (κ3) is 3.67. The molecule has 2 rings (SSSR count). The summed E-state index contributed by atoms with van der Waals surface area (Å²) in [4.78, 5) is 0. The van der Waals surface area contributed by atoms with E-state index in [4.69, 9.17) is 9.47 Å². The fourth-order valence-corrected chi connectivity index (χ4v) is 3.17. The van der Waals surface area contributed by atoms with Crippen molar-refractivity contribution >= 4 is 0 Å². The molecule has 0 radical (unpaired) electrons. The molecular formula is C14H27NO2. The third-order valence-electron chi connectivity index (χ3n) is 4.18. The van der Waals surface area contributed by atoms with E-state index in [0.29, 0.717) is 12.1 Å². The summed E-state index contributed by atoms with van der Waals surface area (Å²) in [5.41, 5.74) is 0. The zero-order valence-electron chi connectivity index (χ0n) is 11.3. The molecule has 2 atom stereocenters. The van der Waals surface area contributed by atoms with Crippen molar-refractivity contribution in [1.82, 2.24) is 5.32 Å². The lowest BCUT2D eigenvalue weighted by molar-refractivity contribution is -0.0307. The Morgan fingerprint density at radius 2 is 2.18 bits per heavy atom. The average Bonchev–Trinajstić information content (AvgIpc) is 2.78. The van der Waals surface area contributed by atoms with E-state index in [1.807, 2.05) is 0 Å². The van der Waals surface area contributed by atoms with E-state index < -0.39 is 0 Å². The summed E-state index contributed by atoms with van der Waals surface area (Å²) in [6.07, 6.45) is 5.63. The van der Waals surface area contributed by atoms with Gasteiger partial charge in [-0.25, -0.2) is 0 Å². The summed E-state index contributed by atoms with van der Waals surface area (Å²) in [5, 5.41) is 3.65. The summed E-state index contributed by atoms with van der Waals surface area (Å²) in [6, 6.07) is 0.662.